The summed E-state index contributed by atoms with van der Waals surface area (Å²) in [6.45, 7) is 11.0. The van der Waals surface area contributed by atoms with E-state index in [2.05, 4.69) is 10.1 Å². The molecule has 5 heterocycles. The Morgan fingerprint density at radius 2 is 1.41 bits per heavy atom. The van der Waals surface area contributed by atoms with Gasteiger partial charge in [-0.1, -0.05) is 0 Å². The molecule has 0 aliphatic carbocycles. The van der Waals surface area contributed by atoms with Crippen molar-refractivity contribution in [1.82, 2.24) is 10.5 Å². The van der Waals surface area contributed by atoms with E-state index in [4.69, 9.17) is 24.5 Å². The van der Waals surface area contributed by atoms with Crippen molar-refractivity contribution in [2.24, 2.45) is 20.1 Å². The van der Waals surface area contributed by atoms with E-state index >= 15 is 0 Å². The molecule has 49 heavy (non-hydrogen) atoms. The molecule has 2 N–H and O–H groups in total. The summed E-state index contributed by atoms with van der Waals surface area (Å²) < 4.78 is 9.85. The summed E-state index contributed by atoms with van der Waals surface area (Å²) >= 11 is 0. The minimum atomic E-state index is -0.344. The third kappa shape index (κ3) is 7.14. The molecule has 0 saturated heterocycles. The number of nitrogens with one attached hydrogen (secondary N) is 2. The smallest absolute Gasteiger partial charge is 0.792 e. The largest absolute Gasteiger partial charge is 2.00 e. The molecule has 0 saturated carbocycles. The number of ether oxygens (including phenoxy) is 2. The molecule has 258 valence electrons. The van der Waals surface area contributed by atoms with Crippen molar-refractivity contribution < 1.29 is 35.6 Å². The van der Waals surface area contributed by atoms with Crippen molar-refractivity contribution in [2.45, 2.75) is 67.2 Å². The van der Waals surface area contributed by atoms with E-state index in [0.29, 0.717) is 80.3 Å². The first kappa shape index (κ1) is 37.0. The van der Waals surface area contributed by atoms with Crippen LogP contribution in [-0.2, 0) is 35.6 Å². The normalized spacial score (nSPS) is 18.1. The van der Waals surface area contributed by atoms with Gasteiger partial charge in [-0.15, -0.1) is 0 Å². The number of allylic oxidation sites excluding steroid dienone is 9. The topological polar surface area (TPSA) is 176 Å². The molecule has 0 fully saturated rings. The van der Waals surface area contributed by atoms with E-state index in [1.165, 1.54) is 14.2 Å². The third-order valence-electron chi connectivity index (χ3n) is 9.10. The average Bonchev–Trinajstić information content (AvgIpc) is 3.74. The van der Waals surface area contributed by atoms with Crippen LogP contribution < -0.4 is 16.2 Å². The predicted molar refractivity (Wildman–Crippen MR) is 188 cm³/mol. The van der Waals surface area contributed by atoms with Gasteiger partial charge in [-0.2, -0.15) is 0 Å². The van der Waals surface area contributed by atoms with Gasteiger partial charge in [0.2, 0.25) is 0 Å². The molecule has 0 unspecified atom stereocenters. The van der Waals surface area contributed by atoms with Gasteiger partial charge in [-0.25, -0.2) is 15.0 Å². The number of hydrogen-bond donors (Lipinski definition) is 2. The van der Waals surface area contributed by atoms with Crippen molar-refractivity contribution in [3.05, 3.63) is 101 Å². The first-order valence-corrected chi connectivity index (χ1v) is 15.6. The van der Waals surface area contributed by atoms with Gasteiger partial charge in [-0.3, -0.25) is 9.59 Å². The Hall–Kier alpha value is -4.87. The van der Waals surface area contributed by atoms with Gasteiger partial charge in [-0.05, 0) is 112 Å². The molecule has 8 bridgehead atoms. The van der Waals surface area contributed by atoms with Crippen LogP contribution in [0.5, 0.6) is 0 Å². The van der Waals surface area contributed by atoms with Crippen LogP contribution in [0, 0.1) is 17.3 Å². The number of carbonyl (C=O) groups is 2. The van der Waals surface area contributed by atoms with Crippen molar-refractivity contribution in [1.29, 1.82) is 0 Å². The van der Waals surface area contributed by atoms with Crippen LogP contribution in [0.15, 0.2) is 88.5 Å². The number of fused-ring (bicyclic) bond motifs is 5. The molecular formula is C36H38N6NiO6. The molecule has 0 radical (unpaired) electrons. The van der Waals surface area contributed by atoms with Gasteiger partial charge in [0.15, 0.2) is 0 Å². The number of aromatic amines is 1. The quantitative estimate of drug-likeness (QED) is 0.173. The molecule has 0 aromatic carbocycles. The van der Waals surface area contributed by atoms with E-state index < -0.39 is 0 Å². The zero-order chi connectivity index (χ0) is 34.9. The van der Waals surface area contributed by atoms with E-state index in [1.54, 1.807) is 13.8 Å². The van der Waals surface area contributed by atoms with Crippen LogP contribution in [0.1, 0.15) is 71.4 Å². The second-order valence-electron chi connectivity index (χ2n) is 11.9. The molecule has 12 nitrogen and oxygen atoms in total. The summed E-state index contributed by atoms with van der Waals surface area (Å²) in [5.41, 5.74) is 12.8. The maximum atomic E-state index is 12.2. The Morgan fingerprint density at radius 3 is 2.02 bits per heavy atom. The molecule has 4 aliphatic rings. The Morgan fingerprint density at radius 1 is 0.796 bits per heavy atom. The summed E-state index contributed by atoms with van der Waals surface area (Å²) in [6.07, 6.45) is 8.54. The molecule has 0 atom stereocenters. The van der Waals surface area contributed by atoms with Crippen LogP contribution in [0.4, 0.5) is 0 Å². The number of hydrogen-bond acceptors (Lipinski definition) is 11. The summed E-state index contributed by atoms with van der Waals surface area (Å²) in [5.74, 6) is -0.685. The van der Waals surface area contributed by atoms with Crippen LogP contribution in [0.25, 0.3) is 12.2 Å². The van der Waals surface area contributed by atoms with E-state index in [0.717, 1.165) is 33.4 Å². The predicted octanol–water partition coefficient (Wildman–Crippen LogP) is 4.51. The molecular weight excluding hydrogens is 671 g/mol. The number of aliphatic imine (C=N–C) groups is 3. The molecule has 13 heteroatoms. The number of rotatable bonds is 8. The van der Waals surface area contributed by atoms with Crippen molar-refractivity contribution in [3.63, 3.8) is 0 Å². The van der Waals surface area contributed by atoms with E-state index in [1.807, 2.05) is 57.5 Å². The van der Waals surface area contributed by atoms with Gasteiger partial charge in [0.25, 0.3) is 0 Å². The first-order chi connectivity index (χ1) is 22.9. The number of esters is 2. The van der Waals surface area contributed by atoms with Crippen LogP contribution >= 0.6 is 0 Å². The second kappa shape index (κ2) is 15.1. The SMILES string of the molecule is COC(=O)CCC1=C(C)C2=NC1=CC1=NC(=CC3=C(C)C(=C(C)N[O-])C(=N3)C=c3[nH]c(c(/C(C)=N/[O-])c3C)=C2)C(C)=C1CCC(=O)OC.[Ni+2]. The zero-order valence-corrected chi connectivity index (χ0v) is 29.7. The fraction of sp³-hybridized carbons (Fsp3) is 0.333. The Balaban J connectivity index is 0.00000541. The number of aromatic nitrogens is 1. The van der Waals surface area contributed by atoms with E-state index in [9.17, 15) is 20.0 Å². The van der Waals surface area contributed by atoms with Gasteiger partial charge >= 0.3 is 28.4 Å². The van der Waals surface area contributed by atoms with Crippen LogP contribution in [-0.4, -0.2) is 54.0 Å². The number of H-pyrrole nitrogens is 1. The number of methoxy groups -OCH3 is 2. The Kier molecular flexibility index (Phi) is 11.4. The summed E-state index contributed by atoms with van der Waals surface area (Å²) in [7, 11) is 2.71. The van der Waals surface area contributed by atoms with Crippen LogP contribution in [0.3, 0.4) is 0 Å². The van der Waals surface area contributed by atoms with Gasteiger partial charge < -0.3 is 35.5 Å². The summed E-state index contributed by atoms with van der Waals surface area (Å²) in [5, 5.41) is 28.3. The summed E-state index contributed by atoms with van der Waals surface area (Å²) in [4.78, 5) is 42.8. The fourth-order valence-electron chi connectivity index (χ4n) is 6.36. The average molecular weight is 709 g/mol. The van der Waals surface area contributed by atoms with Gasteiger partial charge in [0, 0.05) is 40.7 Å². The van der Waals surface area contributed by atoms with Crippen molar-refractivity contribution in [2.75, 3.05) is 14.2 Å². The van der Waals surface area contributed by atoms with Gasteiger partial charge in [0.1, 0.15) is 0 Å². The summed E-state index contributed by atoms with van der Waals surface area (Å²) in [6, 6.07) is 0. The second-order valence-corrected chi connectivity index (χ2v) is 11.9. The fourth-order valence-corrected chi connectivity index (χ4v) is 6.36. The third-order valence-corrected chi connectivity index (χ3v) is 9.10. The monoisotopic (exact) mass is 708 g/mol. The van der Waals surface area contributed by atoms with Crippen LogP contribution in [0.2, 0.25) is 0 Å². The number of carbonyl (C=O) groups excluding carboxylic acids is 2. The minimum absolute atomic E-state index is 0. The molecule has 0 amide bonds. The molecule has 5 rings (SSSR count). The Labute approximate surface area is 294 Å². The maximum absolute atomic E-state index is 12.2. The Bertz CT molecular complexity index is 2080. The minimum Gasteiger partial charge on any atom is -0.792 e. The first-order valence-electron chi connectivity index (χ1n) is 15.6. The van der Waals surface area contributed by atoms with Crippen molar-refractivity contribution in [3.8, 4) is 0 Å². The van der Waals surface area contributed by atoms with Gasteiger partial charge in [0.05, 0.1) is 53.8 Å². The van der Waals surface area contributed by atoms with E-state index in [-0.39, 0.29) is 41.3 Å². The molecule has 0 spiro atoms. The molecule has 4 aliphatic heterocycles. The standard InChI is InChI=1S/C36H39N6O6.Ni/c1-17-23(9-11-33(43)47-7)29-16-30-24(10-12-34(44)48-8)18(2)26(38-30)14-31-36(22(6)42-46)20(4)28(40-31)15-32-35(21(5)41-45)19(3)27(39-32)13-25(17)37-29;/h13-16,40-41,46H,9-12H2,1-8H3;/q-1;+2/p-1/b25-13?,28-15?,30-16?,31-14?,35-21?,42-22+;. The molecule has 1 aromatic heterocycles. The number of nitrogens with zero attached hydrogens (tertiary/aromatic N) is 4. The van der Waals surface area contributed by atoms with Crippen molar-refractivity contribution >= 4 is 46.9 Å². The molecule has 1 aromatic rings. The zero-order valence-electron chi connectivity index (χ0n) is 28.7. The number of hydroxylamine groups is 1. The maximum Gasteiger partial charge on any atom is 2.00 e.